The molecule has 2 atom stereocenters. The predicted octanol–water partition coefficient (Wildman–Crippen LogP) is 2.36. The Morgan fingerprint density at radius 1 is 0.952 bits per heavy atom. The standard InChI is InChI=1S/C17H22N2O2/c1-12-6-8-14(9-7-12)19-16(20)13(2)15(17(19)21)18-10-4-3-5-11-18/h6-9,13,15H,3-5,10-11H2,1-2H3/t13-,15+/m1/s1. The second-order valence-electron chi connectivity index (χ2n) is 6.18. The zero-order chi connectivity index (χ0) is 15.0. The van der Waals surface area contributed by atoms with E-state index in [2.05, 4.69) is 4.90 Å². The maximum absolute atomic E-state index is 12.8. The number of aryl methyl sites for hydroxylation is 1. The summed E-state index contributed by atoms with van der Waals surface area (Å²) in [7, 11) is 0. The molecule has 0 aliphatic carbocycles. The van der Waals surface area contributed by atoms with E-state index in [-0.39, 0.29) is 23.8 Å². The number of likely N-dealkylation sites (tertiary alicyclic amines) is 1. The molecule has 0 spiro atoms. The smallest absolute Gasteiger partial charge is 0.251 e. The van der Waals surface area contributed by atoms with E-state index in [9.17, 15) is 9.59 Å². The minimum atomic E-state index is -0.279. The first-order valence-electron chi connectivity index (χ1n) is 7.78. The highest BCUT2D eigenvalue weighted by atomic mass is 16.2. The van der Waals surface area contributed by atoms with Gasteiger partial charge in [-0.1, -0.05) is 31.0 Å². The summed E-state index contributed by atoms with van der Waals surface area (Å²) in [6.07, 6.45) is 3.46. The average Bonchev–Trinajstić information content (AvgIpc) is 2.72. The van der Waals surface area contributed by atoms with Gasteiger partial charge in [0.25, 0.3) is 5.91 Å². The summed E-state index contributed by atoms with van der Waals surface area (Å²) in [5, 5.41) is 0. The Bertz CT molecular complexity index is 546. The van der Waals surface area contributed by atoms with E-state index in [1.807, 2.05) is 38.1 Å². The van der Waals surface area contributed by atoms with E-state index in [0.717, 1.165) is 31.5 Å². The normalized spacial score (nSPS) is 27.4. The fraction of sp³-hybridized carbons (Fsp3) is 0.529. The molecule has 2 saturated heterocycles. The summed E-state index contributed by atoms with van der Waals surface area (Å²) in [5.41, 5.74) is 1.82. The first-order valence-corrected chi connectivity index (χ1v) is 7.78. The van der Waals surface area contributed by atoms with Crippen molar-refractivity contribution in [1.82, 2.24) is 4.90 Å². The number of rotatable bonds is 2. The lowest BCUT2D eigenvalue weighted by Gasteiger charge is -2.32. The number of carbonyl (C=O) groups excluding carboxylic acids is 2. The third kappa shape index (κ3) is 2.48. The van der Waals surface area contributed by atoms with Crippen LogP contribution in [-0.2, 0) is 9.59 Å². The Morgan fingerprint density at radius 2 is 1.57 bits per heavy atom. The molecule has 2 amide bonds. The molecule has 0 unspecified atom stereocenters. The van der Waals surface area contributed by atoms with E-state index in [1.165, 1.54) is 11.3 Å². The van der Waals surface area contributed by atoms with Crippen molar-refractivity contribution >= 4 is 17.5 Å². The molecule has 0 bridgehead atoms. The quantitative estimate of drug-likeness (QED) is 0.784. The number of hydrogen-bond acceptors (Lipinski definition) is 3. The molecule has 3 rings (SSSR count). The number of benzene rings is 1. The largest absolute Gasteiger partial charge is 0.291 e. The number of anilines is 1. The fourth-order valence-electron chi connectivity index (χ4n) is 3.41. The van der Waals surface area contributed by atoms with Crippen LogP contribution in [0.3, 0.4) is 0 Å². The van der Waals surface area contributed by atoms with Crippen LogP contribution in [0.1, 0.15) is 31.7 Å². The molecule has 0 radical (unpaired) electrons. The summed E-state index contributed by atoms with van der Waals surface area (Å²) < 4.78 is 0. The summed E-state index contributed by atoms with van der Waals surface area (Å²) in [4.78, 5) is 28.9. The highest BCUT2D eigenvalue weighted by Crippen LogP contribution is 2.31. The van der Waals surface area contributed by atoms with Gasteiger partial charge in [0, 0.05) is 0 Å². The molecule has 2 fully saturated rings. The second kappa shape index (κ2) is 5.60. The van der Waals surface area contributed by atoms with Crippen LogP contribution in [0.2, 0.25) is 0 Å². The SMILES string of the molecule is Cc1ccc(N2C(=O)[C@@H](N3CCCCC3)[C@@H](C)C2=O)cc1. The lowest BCUT2D eigenvalue weighted by Crippen LogP contribution is -2.46. The number of piperidine rings is 1. The topological polar surface area (TPSA) is 40.6 Å². The van der Waals surface area contributed by atoms with E-state index in [0.29, 0.717) is 5.69 Å². The average molecular weight is 286 g/mol. The molecule has 0 saturated carbocycles. The van der Waals surface area contributed by atoms with Gasteiger partial charge in [0.1, 0.15) is 6.04 Å². The third-order valence-corrected chi connectivity index (χ3v) is 4.63. The molecule has 21 heavy (non-hydrogen) atoms. The van der Waals surface area contributed by atoms with Gasteiger partial charge in [0.05, 0.1) is 11.6 Å². The monoisotopic (exact) mass is 286 g/mol. The molecular formula is C17H22N2O2. The van der Waals surface area contributed by atoms with Crippen molar-refractivity contribution in [2.24, 2.45) is 5.92 Å². The Balaban J connectivity index is 1.87. The zero-order valence-corrected chi connectivity index (χ0v) is 12.7. The van der Waals surface area contributed by atoms with Crippen LogP contribution < -0.4 is 4.90 Å². The van der Waals surface area contributed by atoms with Gasteiger partial charge in [-0.2, -0.15) is 0 Å². The molecule has 0 N–H and O–H groups in total. The maximum Gasteiger partial charge on any atom is 0.251 e. The zero-order valence-electron chi connectivity index (χ0n) is 12.7. The van der Waals surface area contributed by atoms with Gasteiger partial charge >= 0.3 is 0 Å². The number of amides is 2. The van der Waals surface area contributed by atoms with Gasteiger partial charge in [0.15, 0.2) is 0 Å². The van der Waals surface area contributed by atoms with Gasteiger partial charge in [-0.15, -0.1) is 0 Å². The Hall–Kier alpha value is -1.68. The minimum Gasteiger partial charge on any atom is -0.291 e. The van der Waals surface area contributed by atoms with Gasteiger partial charge in [-0.05, 0) is 45.0 Å². The van der Waals surface area contributed by atoms with Crippen LogP contribution in [0, 0.1) is 12.8 Å². The predicted molar refractivity (Wildman–Crippen MR) is 82.0 cm³/mol. The van der Waals surface area contributed by atoms with Crippen molar-refractivity contribution in [3.05, 3.63) is 29.8 Å². The van der Waals surface area contributed by atoms with E-state index < -0.39 is 0 Å². The van der Waals surface area contributed by atoms with Crippen LogP contribution >= 0.6 is 0 Å². The summed E-state index contributed by atoms with van der Waals surface area (Å²) in [6, 6.07) is 7.32. The van der Waals surface area contributed by atoms with Gasteiger partial charge in [-0.3, -0.25) is 14.5 Å². The lowest BCUT2D eigenvalue weighted by atomic mass is 10.0. The van der Waals surface area contributed by atoms with Crippen molar-refractivity contribution in [2.75, 3.05) is 18.0 Å². The van der Waals surface area contributed by atoms with Crippen LogP contribution in [0.5, 0.6) is 0 Å². The van der Waals surface area contributed by atoms with Gasteiger partial charge in [-0.25, -0.2) is 4.90 Å². The lowest BCUT2D eigenvalue weighted by molar-refractivity contribution is -0.123. The number of hydrogen-bond donors (Lipinski definition) is 0. The molecule has 0 aromatic heterocycles. The minimum absolute atomic E-state index is 0.0572. The van der Waals surface area contributed by atoms with Crippen LogP contribution in [-0.4, -0.2) is 35.8 Å². The third-order valence-electron chi connectivity index (χ3n) is 4.63. The van der Waals surface area contributed by atoms with Gasteiger partial charge < -0.3 is 0 Å². The van der Waals surface area contributed by atoms with E-state index in [4.69, 9.17) is 0 Å². The molecule has 1 aromatic rings. The van der Waals surface area contributed by atoms with Crippen molar-refractivity contribution in [3.63, 3.8) is 0 Å². The number of nitrogens with zero attached hydrogens (tertiary/aromatic N) is 2. The molecular weight excluding hydrogens is 264 g/mol. The molecule has 2 aliphatic heterocycles. The highest BCUT2D eigenvalue weighted by molar-refractivity contribution is 6.23. The Labute approximate surface area is 125 Å². The molecule has 1 aromatic carbocycles. The summed E-state index contributed by atoms with van der Waals surface area (Å²) in [5.74, 6) is -0.380. The van der Waals surface area contributed by atoms with Crippen LogP contribution in [0.25, 0.3) is 0 Å². The molecule has 4 heteroatoms. The second-order valence-corrected chi connectivity index (χ2v) is 6.18. The van der Waals surface area contributed by atoms with Crippen LogP contribution in [0.15, 0.2) is 24.3 Å². The van der Waals surface area contributed by atoms with Crippen molar-refractivity contribution < 1.29 is 9.59 Å². The molecule has 112 valence electrons. The van der Waals surface area contributed by atoms with Crippen molar-refractivity contribution in [3.8, 4) is 0 Å². The van der Waals surface area contributed by atoms with Crippen molar-refractivity contribution in [1.29, 1.82) is 0 Å². The number of imide groups is 1. The highest BCUT2D eigenvalue weighted by Gasteiger charge is 2.48. The Kier molecular flexibility index (Phi) is 3.81. The summed E-state index contributed by atoms with van der Waals surface area (Å²) >= 11 is 0. The fourth-order valence-corrected chi connectivity index (χ4v) is 3.41. The van der Waals surface area contributed by atoms with Gasteiger partial charge in [0.2, 0.25) is 5.91 Å². The summed E-state index contributed by atoms with van der Waals surface area (Å²) in [6.45, 7) is 5.73. The van der Waals surface area contributed by atoms with Crippen LogP contribution in [0.4, 0.5) is 5.69 Å². The van der Waals surface area contributed by atoms with Crippen molar-refractivity contribution in [2.45, 2.75) is 39.2 Å². The molecule has 2 heterocycles. The number of carbonyl (C=O) groups is 2. The Morgan fingerprint density at radius 3 is 2.19 bits per heavy atom. The van der Waals surface area contributed by atoms with E-state index in [1.54, 1.807) is 0 Å². The van der Waals surface area contributed by atoms with E-state index >= 15 is 0 Å². The first-order chi connectivity index (χ1) is 10.1. The first kappa shape index (κ1) is 14.3. The molecule has 2 aliphatic rings. The maximum atomic E-state index is 12.8. The molecule has 4 nitrogen and oxygen atoms in total.